The lowest BCUT2D eigenvalue weighted by Gasteiger charge is -2.27. The number of ether oxygens (including phenoxy) is 1. The van der Waals surface area contributed by atoms with Crippen LogP contribution in [0, 0.1) is 0 Å². The minimum atomic E-state index is -0.00143. The van der Waals surface area contributed by atoms with Crippen LogP contribution in [0.5, 0.6) is 5.75 Å². The van der Waals surface area contributed by atoms with Crippen LogP contribution in [0.4, 0.5) is 0 Å². The van der Waals surface area contributed by atoms with Crippen molar-refractivity contribution < 1.29 is 19.4 Å². The van der Waals surface area contributed by atoms with Gasteiger partial charge in [-0.25, -0.2) is 0 Å². The average Bonchev–Trinajstić information content (AvgIpc) is 3.25. The molecule has 3 rings (SSSR count). The molecule has 2 fully saturated rings. The topological polar surface area (TPSA) is 70.1 Å². The smallest absolute Gasteiger partial charge is 0.224 e. The molecule has 2 aliphatic heterocycles. The quantitative estimate of drug-likeness (QED) is 0.819. The Labute approximate surface area is 148 Å². The zero-order valence-corrected chi connectivity index (χ0v) is 14.5. The Hall–Kier alpha value is -2.08. The van der Waals surface area contributed by atoms with Crippen molar-refractivity contribution in [3.05, 3.63) is 29.8 Å². The molecule has 136 valence electrons. The van der Waals surface area contributed by atoms with E-state index < -0.39 is 0 Å². The minimum absolute atomic E-state index is 0.00143. The second-order valence-electron chi connectivity index (χ2n) is 6.77. The number of carbonyl (C=O) groups is 2. The molecular weight excluding hydrogens is 320 g/mol. The highest BCUT2D eigenvalue weighted by Gasteiger charge is 2.25. The van der Waals surface area contributed by atoms with E-state index in [1.807, 2.05) is 12.1 Å². The highest BCUT2D eigenvalue weighted by molar-refractivity contribution is 5.80. The van der Waals surface area contributed by atoms with Crippen molar-refractivity contribution in [1.82, 2.24) is 9.80 Å². The lowest BCUT2D eigenvalue weighted by molar-refractivity contribution is -0.134. The number of likely N-dealkylation sites (tertiary alicyclic amines) is 1. The fourth-order valence-electron chi connectivity index (χ4n) is 3.47. The predicted molar refractivity (Wildman–Crippen MR) is 92.9 cm³/mol. The molecule has 0 aromatic heterocycles. The maximum Gasteiger partial charge on any atom is 0.224 e. The summed E-state index contributed by atoms with van der Waals surface area (Å²) < 4.78 is 5.68. The van der Waals surface area contributed by atoms with Crippen molar-refractivity contribution in [3.63, 3.8) is 0 Å². The maximum atomic E-state index is 12.8. The van der Waals surface area contributed by atoms with Gasteiger partial charge in [0.05, 0.1) is 6.10 Å². The fraction of sp³-hybridized carbons (Fsp3) is 0.579. The molecule has 1 N–H and O–H groups in total. The van der Waals surface area contributed by atoms with Crippen LogP contribution in [-0.4, -0.2) is 59.1 Å². The molecule has 2 heterocycles. The Bertz CT molecular complexity index is 613. The summed E-state index contributed by atoms with van der Waals surface area (Å²) in [6.45, 7) is 2.85. The van der Waals surface area contributed by atoms with Gasteiger partial charge < -0.3 is 19.6 Å². The van der Waals surface area contributed by atoms with E-state index in [0.717, 1.165) is 38.0 Å². The second-order valence-corrected chi connectivity index (χ2v) is 6.77. The van der Waals surface area contributed by atoms with Crippen molar-refractivity contribution in [2.75, 3.05) is 26.2 Å². The summed E-state index contributed by atoms with van der Waals surface area (Å²) in [7, 11) is 0. The van der Waals surface area contributed by atoms with Gasteiger partial charge in [0.15, 0.2) is 0 Å². The number of phenols is 1. The van der Waals surface area contributed by atoms with E-state index in [4.69, 9.17) is 4.74 Å². The SMILES string of the molecule is O=C1CCCN1CCC(=O)N(Cc1ccccc1O)CC1CCCO1. The van der Waals surface area contributed by atoms with E-state index in [2.05, 4.69) is 0 Å². The number of phenolic OH excluding ortho intramolecular Hbond substituents is 1. The molecule has 2 amide bonds. The third-order valence-corrected chi connectivity index (χ3v) is 4.92. The van der Waals surface area contributed by atoms with Crippen LogP contribution in [0.2, 0.25) is 0 Å². The van der Waals surface area contributed by atoms with Crippen LogP contribution in [0.25, 0.3) is 0 Å². The summed E-state index contributed by atoms with van der Waals surface area (Å²) in [4.78, 5) is 28.0. The van der Waals surface area contributed by atoms with Crippen molar-refractivity contribution >= 4 is 11.8 Å². The van der Waals surface area contributed by atoms with Crippen molar-refractivity contribution in [2.45, 2.75) is 44.8 Å². The van der Waals surface area contributed by atoms with Gasteiger partial charge in [-0.2, -0.15) is 0 Å². The molecule has 1 atom stereocenters. The van der Waals surface area contributed by atoms with Gasteiger partial charge in [0.25, 0.3) is 0 Å². The third kappa shape index (κ3) is 4.72. The minimum Gasteiger partial charge on any atom is -0.508 e. The summed E-state index contributed by atoms with van der Waals surface area (Å²) in [5.41, 5.74) is 0.728. The van der Waals surface area contributed by atoms with E-state index in [1.54, 1.807) is 21.9 Å². The molecule has 0 saturated carbocycles. The van der Waals surface area contributed by atoms with Crippen LogP contribution in [-0.2, 0) is 20.9 Å². The van der Waals surface area contributed by atoms with Gasteiger partial charge in [0.1, 0.15) is 5.75 Å². The molecule has 1 unspecified atom stereocenters. The summed E-state index contributed by atoms with van der Waals surface area (Å²) in [6.07, 6.45) is 3.81. The number of hydrogen-bond acceptors (Lipinski definition) is 4. The highest BCUT2D eigenvalue weighted by atomic mass is 16.5. The second kappa shape index (κ2) is 8.34. The van der Waals surface area contributed by atoms with Crippen molar-refractivity contribution in [1.29, 1.82) is 0 Å². The summed E-state index contributed by atoms with van der Waals surface area (Å²) in [5.74, 6) is 0.333. The summed E-state index contributed by atoms with van der Waals surface area (Å²) in [6, 6.07) is 7.08. The molecule has 0 aliphatic carbocycles. The van der Waals surface area contributed by atoms with Gasteiger partial charge in [0, 0.05) is 51.2 Å². The van der Waals surface area contributed by atoms with E-state index in [1.165, 1.54) is 0 Å². The molecular formula is C19H26N2O4. The number of carbonyl (C=O) groups excluding carboxylic acids is 2. The molecule has 1 aromatic carbocycles. The number of aromatic hydroxyl groups is 1. The van der Waals surface area contributed by atoms with Crippen LogP contribution < -0.4 is 0 Å². The van der Waals surface area contributed by atoms with Gasteiger partial charge in [-0.05, 0) is 25.3 Å². The van der Waals surface area contributed by atoms with Gasteiger partial charge >= 0.3 is 0 Å². The first kappa shape index (κ1) is 17.7. The van der Waals surface area contributed by atoms with E-state index in [9.17, 15) is 14.7 Å². The number of amides is 2. The molecule has 25 heavy (non-hydrogen) atoms. The standard InChI is InChI=1S/C19H26N2O4/c22-17-7-2-1-5-15(17)13-21(14-16-6-4-12-25-16)19(24)9-11-20-10-3-8-18(20)23/h1-2,5,7,16,22H,3-4,6,8-14H2. The predicted octanol–water partition coefficient (Wildman–Crippen LogP) is 1.91. The first-order chi connectivity index (χ1) is 12.1. The molecule has 6 heteroatoms. The highest BCUT2D eigenvalue weighted by Crippen LogP contribution is 2.21. The van der Waals surface area contributed by atoms with Crippen molar-refractivity contribution in [2.24, 2.45) is 0 Å². The van der Waals surface area contributed by atoms with Crippen LogP contribution >= 0.6 is 0 Å². The molecule has 0 radical (unpaired) electrons. The Kier molecular flexibility index (Phi) is 5.91. The largest absolute Gasteiger partial charge is 0.508 e. The lowest BCUT2D eigenvalue weighted by Crippen LogP contribution is -2.39. The van der Waals surface area contributed by atoms with E-state index >= 15 is 0 Å². The van der Waals surface area contributed by atoms with Crippen LogP contribution in [0.15, 0.2) is 24.3 Å². The average molecular weight is 346 g/mol. The Morgan fingerprint density at radius 3 is 2.84 bits per heavy atom. The summed E-state index contributed by atoms with van der Waals surface area (Å²) >= 11 is 0. The third-order valence-electron chi connectivity index (χ3n) is 4.92. The Morgan fingerprint density at radius 1 is 1.32 bits per heavy atom. The zero-order chi connectivity index (χ0) is 17.6. The molecule has 0 spiro atoms. The number of nitrogens with zero attached hydrogens (tertiary/aromatic N) is 2. The number of benzene rings is 1. The molecule has 6 nitrogen and oxygen atoms in total. The van der Waals surface area contributed by atoms with E-state index in [0.29, 0.717) is 32.5 Å². The van der Waals surface area contributed by atoms with E-state index in [-0.39, 0.29) is 23.7 Å². The fourth-order valence-corrected chi connectivity index (χ4v) is 3.47. The van der Waals surface area contributed by atoms with Crippen LogP contribution in [0.1, 0.15) is 37.7 Å². The number of hydrogen-bond donors (Lipinski definition) is 1. The number of para-hydroxylation sites is 1. The summed E-state index contributed by atoms with van der Waals surface area (Å²) in [5, 5.41) is 10.0. The molecule has 0 bridgehead atoms. The van der Waals surface area contributed by atoms with Gasteiger partial charge in [-0.15, -0.1) is 0 Å². The van der Waals surface area contributed by atoms with Gasteiger partial charge in [-0.3, -0.25) is 9.59 Å². The first-order valence-electron chi connectivity index (χ1n) is 9.07. The number of rotatable bonds is 7. The first-order valence-corrected chi connectivity index (χ1v) is 9.07. The Balaban J connectivity index is 1.63. The van der Waals surface area contributed by atoms with Gasteiger partial charge in [-0.1, -0.05) is 18.2 Å². The van der Waals surface area contributed by atoms with Crippen LogP contribution in [0.3, 0.4) is 0 Å². The zero-order valence-electron chi connectivity index (χ0n) is 14.5. The Morgan fingerprint density at radius 2 is 2.16 bits per heavy atom. The monoisotopic (exact) mass is 346 g/mol. The molecule has 2 saturated heterocycles. The molecule has 1 aromatic rings. The van der Waals surface area contributed by atoms with Crippen molar-refractivity contribution in [3.8, 4) is 5.75 Å². The lowest BCUT2D eigenvalue weighted by atomic mass is 10.1. The normalized spacial score (nSPS) is 20.2. The maximum absolute atomic E-state index is 12.8. The van der Waals surface area contributed by atoms with Gasteiger partial charge in [0.2, 0.25) is 11.8 Å². The molecule has 2 aliphatic rings.